The monoisotopic (exact) mass is 491 g/mol. The summed E-state index contributed by atoms with van der Waals surface area (Å²) in [5.41, 5.74) is 2.41. The van der Waals surface area contributed by atoms with Crippen LogP contribution < -0.4 is 19.7 Å². The van der Waals surface area contributed by atoms with Crippen LogP contribution in [0, 0.1) is 0 Å². The molecule has 0 bridgehead atoms. The summed E-state index contributed by atoms with van der Waals surface area (Å²) in [4.78, 5) is 26.5. The summed E-state index contributed by atoms with van der Waals surface area (Å²) in [5.74, 6) is 2.38. The van der Waals surface area contributed by atoms with Gasteiger partial charge >= 0.3 is 0 Å². The first kappa shape index (κ1) is 24.1. The number of nitrogens with zero attached hydrogens (tertiary/aromatic N) is 5. The fraction of sp³-hybridized carbons (Fsp3) is 0.462. The zero-order valence-electron chi connectivity index (χ0n) is 20.9. The number of fused-ring (bicyclic) bond motifs is 1. The smallest absolute Gasteiger partial charge is 0.260 e. The van der Waals surface area contributed by atoms with Crippen LogP contribution in [-0.4, -0.2) is 77.4 Å². The molecular formula is C26H33N7O3. The second-order valence-electron chi connectivity index (χ2n) is 9.36. The topological polar surface area (TPSA) is 109 Å². The molecule has 1 atom stereocenters. The van der Waals surface area contributed by atoms with Gasteiger partial charge in [-0.2, -0.15) is 5.10 Å². The van der Waals surface area contributed by atoms with E-state index in [-0.39, 0.29) is 5.91 Å². The van der Waals surface area contributed by atoms with Gasteiger partial charge in [-0.05, 0) is 49.9 Å². The highest BCUT2D eigenvalue weighted by Gasteiger charge is 2.29. The average molecular weight is 492 g/mol. The Labute approximate surface area is 211 Å². The van der Waals surface area contributed by atoms with Gasteiger partial charge in [-0.3, -0.25) is 14.8 Å². The van der Waals surface area contributed by atoms with Crippen molar-refractivity contribution in [2.24, 2.45) is 0 Å². The molecule has 36 heavy (non-hydrogen) atoms. The molecule has 2 aliphatic rings. The molecule has 190 valence electrons. The molecule has 4 heterocycles. The molecule has 10 heteroatoms. The number of aryl methyl sites for hydroxylation is 2. The molecule has 2 aliphatic heterocycles. The number of H-pyrrole nitrogens is 1. The summed E-state index contributed by atoms with van der Waals surface area (Å²) in [6.07, 6.45) is 8.50. The molecule has 10 nitrogen and oxygen atoms in total. The number of amides is 1. The third-order valence-corrected chi connectivity index (χ3v) is 6.99. The van der Waals surface area contributed by atoms with Crippen LogP contribution in [0.3, 0.4) is 0 Å². The summed E-state index contributed by atoms with van der Waals surface area (Å²) in [6.45, 7) is 4.11. The van der Waals surface area contributed by atoms with E-state index in [0.717, 1.165) is 55.2 Å². The third kappa shape index (κ3) is 5.59. The fourth-order valence-corrected chi connectivity index (χ4v) is 4.97. The zero-order chi connectivity index (χ0) is 24.9. The van der Waals surface area contributed by atoms with E-state index in [4.69, 9.17) is 9.47 Å². The van der Waals surface area contributed by atoms with Crippen LogP contribution in [0.2, 0.25) is 0 Å². The number of benzene rings is 1. The maximum atomic E-state index is 12.7. The first-order valence-corrected chi connectivity index (χ1v) is 12.5. The van der Waals surface area contributed by atoms with E-state index in [1.54, 1.807) is 26.6 Å². The Hall–Kier alpha value is -3.66. The number of anilines is 2. The van der Waals surface area contributed by atoms with Crippen LogP contribution in [0.1, 0.15) is 40.9 Å². The first-order chi connectivity index (χ1) is 17.6. The van der Waals surface area contributed by atoms with Gasteiger partial charge in [0.05, 0.1) is 19.8 Å². The van der Waals surface area contributed by atoms with Gasteiger partial charge in [-0.15, -0.1) is 0 Å². The van der Waals surface area contributed by atoms with E-state index in [2.05, 4.69) is 35.3 Å². The maximum Gasteiger partial charge on any atom is 0.260 e. The Bertz CT molecular complexity index is 1160. The first-order valence-electron chi connectivity index (χ1n) is 12.5. The second-order valence-corrected chi connectivity index (χ2v) is 9.36. The third-order valence-electron chi connectivity index (χ3n) is 6.99. The molecule has 1 aromatic carbocycles. The summed E-state index contributed by atoms with van der Waals surface area (Å²) in [5, 5.41) is 10.1. The molecule has 0 spiro atoms. The summed E-state index contributed by atoms with van der Waals surface area (Å²) in [6, 6.07) is 8.24. The quantitative estimate of drug-likeness (QED) is 0.495. The number of piperidine rings is 1. The average Bonchev–Trinajstić information content (AvgIpc) is 3.38. The molecule has 3 aromatic rings. The lowest BCUT2D eigenvalue weighted by Crippen LogP contribution is -2.55. The van der Waals surface area contributed by atoms with Crippen molar-refractivity contribution in [1.82, 2.24) is 25.1 Å². The van der Waals surface area contributed by atoms with E-state index < -0.39 is 0 Å². The molecule has 0 aliphatic carbocycles. The normalized spacial score (nSPS) is 17.9. The van der Waals surface area contributed by atoms with E-state index in [9.17, 15) is 4.79 Å². The summed E-state index contributed by atoms with van der Waals surface area (Å²) < 4.78 is 10.7. The van der Waals surface area contributed by atoms with Gasteiger partial charge in [0, 0.05) is 55.9 Å². The Morgan fingerprint density at radius 1 is 1.03 bits per heavy atom. The molecule has 0 radical (unpaired) electrons. The summed E-state index contributed by atoms with van der Waals surface area (Å²) >= 11 is 0. The number of rotatable bonds is 8. The van der Waals surface area contributed by atoms with Crippen LogP contribution in [0.15, 0.2) is 36.7 Å². The molecule has 2 N–H and O–H groups in total. The van der Waals surface area contributed by atoms with Crippen LogP contribution >= 0.6 is 0 Å². The maximum absolute atomic E-state index is 12.7. The Kier molecular flexibility index (Phi) is 7.31. The fourth-order valence-electron chi connectivity index (χ4n) is 4.97. The number of carbonyl (C=O) groups is 1. The number of hydrogen-bond donors (Lipinski definition) is 2. The minimum atomic E-state index is -0.283. The van der Waals surface area contributed by atoms with Gasteiger partial charge in [0.25, 0.3) is 5.91 Å². The number of aromatic nitrogens is 4. The lowest BCUT2D eigenvalue weighted by atomic mass is 10.00. The van der Waals surface area contributed by atoms with E-state index in [1.807, 2.05) is 24.3 Å². The molecule has 1 amide bonds. The van der Waals surface area contributed by atoms with Crippen LogP contribution in [0.25, 0.3) is 0 Å². The molecule has 2 fully saturated rings. The highest BCUT2D eigenvalue weighted by molar-refractivity contribution is 6.03. The van der Waals surface area contributed by atoms with Gasteiger partial charge < -0.3 is 19.7 Å². The SMILES string of the molecule is COc1cc(CCc2cc(NC(=O)c3cnc(N4CCN5CCCCC5C4)nc3)n[nH]2)cc(OC)c1. The van der Waals surface area contributed by atoms with Crippen molar-refractivity contribution in [3.63, 3.8) is 0 Å². The molecule has 2 aromatic heterocycles. The number of methoxy groups -OCH3 is 2. The summed E-state index contributed by atoms with van der Waals surface area (Å²) in [7, 11) is 3.27. The highest BCUT2D eigenvalue weighted by atomic mass is 16.5. The molecular weight excluding hydrogens is 458 g/mol. The number of nitrogens with one attached hydrogen (secondary N) is 2. The van der Waals surface area contributed by atoms with Crippen molar-refractivity contribution in [3.05, 3.63) is 53.5 Å². The van der Waals surface area contributed by atoms with Gasteiger partial charge in [-0.1, -0.05) is 6.42 Å². The van der Waals surface area contributed by atoms with Crippen molar-refractivity contribution in [2.45, 2.75) is 38.1 Å². The van der Waals surface area contributed by atoms with Crippen molar-refractivity contribution in [1.29, 1.82) is 0 Å². The minimum absolute atomic E-state index is 0.283. The molecule has 0 saturated carbocycles. The second kappa shape index (κ2) is 10.9. The number of ether oxygens (including phenoxy) is 2. The Balaban J connectivity index is 1.15. The zero-order valence-corrected chi connectivity index (χ0v) is 20.9. The number of hydrogen-bond acceptors (Lipinski definition) is 8. The van der Waals surface area contributed by atoms with Crippen LogP contribution in [0.5, 0.6) is 11.5 Å². The largest absolute Gasteiger partial charge is 0.497 e. The van der Waals surface area contributed by atoms with E-state index >= 15 is 0 Å². The number of aromatic amines is 1. The van der Waals surface area contributed by atoms with Crippen LogP contribution in [0.4, 0.5) is 11.8 Å². The molecule has 1 unspecified atom stereocenters. The standard InChI is InChI=1S/C26H33N7O3/c1-35-22-11-18(12-23(14-22)36-2)6-7-20-13-24(31-30-20)29-25(34)19-15-27-26(28-16-19)33-10-9-32-8-4-3-5-21(32)17-33/h11-16,21H,3-10,17H2,1-2H3,(H2,29,30,31,34). The van der Waals surface area contributed by atoms with Crippen LogP contribution in [-0.2, 0) is 12.8 Å². The number of piperazine rings is 1. The van der Waals surface area contributed by atoms with Crippen molar-refractivity contribution < 1.29 is 14.3 Å². The Morgan fingerprint density at radius 2 is 1.81 bits per heavy atom. The predicted octanol–water partition coefficient (Wildman–Crippen LogP) is 2.93. The van der Waals surface area contributed by atoms with Gasteiger partial charge in [0.1, 0.15) is 11.5 Å². The number of carbonyl (C=O) groups excluding carboxylic acids is 1. The van der Waals surface area contributed by atoms with Crippen molar-refractivity contribution in [3.8, 4) is 11.5 Å². The molecule has 5 rings (SSSR count). The highest BCUT2D eigenvalue weighted by Crippen LogP contribution is 2.24. The van der Waals surface area contributed by atoms with Crippen molar-refractivity contribution in [2.75, 3.05) is 50.6 Å². The lowest BCUT2D eigenvalue weighted by Gasteiger charge is -2.44. The lowest BCUT2D eigenvalue weighted by molar-refractivity contribution is 0.102. The molecule has 2 saturated heterocycles. The van der Waals surface area contributed by atoms with E-state index in [1.165, 1.54) is 25.8 Å². The van der Waals surface area contributed by atoms with Crippen molar-refractivity contribution >= 4 is 17.7 Å². The van der Waals surface area contributed by atoms with Gasteiger partial charge in [0.2, 0.25) is 5.95 Å². The Morgan fingerprint density at radius 3 is 2.56 bits per heavy atom. The van der Waals surface area contributed by atoms with Gasteiger partial charge in [0.15, 0.2) is 5.82 Å². The minimum Gasteiger partial charge on any atom is -0.497 e. The predicted molar refractivity (Wildman–Crippen MR) is 137 cm³/mol. The van der Waals surface area contributed by atoms with E-state index in [0.29, 0.717) is 23.4 Å². The van der Waals surface area contributed by atoms with Gasteiger partial charge in [-0.25, -0.2) is 9.97 Å².